The Hall–Kier alpha value is -4.85. The summed E-state index contributed by atoms with van der Waals surface area (Å²) in [6.45, 7) is 0. The number of nitrogens with zero attached hydrogens (tertiary/aromatic N) is 1. The van der Waals surface area contributed by atoms with Crippen LogP contribution < -0.4 is 14.9 Å². The van der Waals surface area contributed by atoms with Gasteiger partial charge in [-0.1, -0.05) is 18.2 Å². The van der Waals surface area contributed by atoms with Crippen molar-refractivity contribution in [3.63, 3.8) is 0 Å². The molecular formula is C28H19NO7. The first-order valence-electron chi connectivity index (χ1n) is 11.2. The first-order chi connectivity index (χ1) is 17.4. The fourth-order valence-corrected chi connectivity index (χ4v) is 4.83. The van der Waals surface area contributed by atoms with Gasteiger partial charge in [0.2, 0.25) is 0 Å². The van der Waals surface area contributed by atoms with E-state index >= 15 is 0 Å². The fourth-order valence-electron chi connectivity index (χ4n) is 4.83. The predicted octanol–water partition coefficient (Wildman–Crippen LogP) is 4.87. The Morgan fingerprint density at radius 2 is 1.83 bits per heavy atom. The van der Waals surface area contributed by atoms with Gasteiger partial charge in [-0.05, 0) is 35.9 Å². The van der Waals surface area contributed by atoms with Crippen molar-refractivity contribution in [3.8, 4) is 34.3 Å². The molecule has 0 fully saturated rings. The first-order valence-corrected chi connectivity index (χ1v) is 11.2. The molecule has 8 nitrogen and oxygen atoms in total. The van der Waals surface area contributed by atoms with Crippen molar-refractivity contribution >= 4 is 27.8 Å². The Morgan fingerprint density at radius 1 is 1.00 bits per heavy atom. The summed E-state index contributed by atoms with van der Waals surface area (Å²) in [6, 6.07) is 16.5. The van der Waals surface area contributed by atoms with Crippen molar-refractivity contribution in [3.05, 3.63) is 88.2 Å². The number of methoxy groups -OCH3 is 1. The summed E-state index contributed by atoms with van der Waals surface area (Å²) in [6.07, 6.45) is 1.68. The van der Waals surface area contributed by atoms with Crippen LogP contribution in [-0.2, 0) is 4.79 Å². The van der Waals surface area contributed by atoms with Gasteiger partial charge in [-0.15, -0.1) is 0 Å². The highest BCUT2D eigenvalue weighted by Crippen LogP contribution is 2.47. The molecule has 1 aliphatic rings. The lowest BCUT2D eigenvalue weighted by molar-refractivity contribution is -0.135. The maximum absolute atomic E-state index is 13.2. The van der Waals surface area contributed by atoms with Gasteiger partial charge in [-0.3, -0.25) is 14.6 Å². The molecule has 1 atom stereocenters. The van der Waals surface area contributed by atoms with E-state index in [1.54, 1.807) is 18.3 Å². The maximum Gasteiger partial charge on any atom is 0.312 e. The minimum absolute atomic E-state index is 0.0120. The zero-order chi connectivity index (χ0) is 25.0. The quantitative estimate of drug-likeness (QED) is 0.277. The van der Waals surface area contributed by atoms with Crippen LogP contribution in [0.5, 0.6) is 23.0 Å². The van der Waals surface area contributed by atoms with Crippen molar-refractivity contribution in [2.24, 2.45) is 0 Å². The van der Waals surface area contributed by atoms with E-state index < -0.39 is 17.3 Å². The second kappa shape index (κ2) is 8.13. The number of carbonyl (C=O) groups excluding carboxylic acids is 1. The molecule has 0 spiro atoms. The molecule has 3 aromatic carbocycles. The number of esters is 1. The Balaban J connectivity index is 1.65. The molecule has 2 aromatic heterocycles. The molecule has 6 rings (SSSR count). The average molecular weight is 481 g/mol. The number of phenols is 2. The number of hydrogen-bond acceptors (Lipinski definition) is 8. The van der Waals surface area contributed by atoms with Crippen LogP contribution in [0.15, 0.2) is 76.1 Å². The average Bonchev–Trinajstić information content (AvgIpc) is 2.87. The van der Waals surface area contributed by atoms with Crippen molar-refractivity contribution in [1.82, 2.24) is 4.98 Å². The van der Waals surface area contributed by atoms with Crippen LogP contribution in [0, 0.1) is 0 Å². The molecule has 1 aliphatic heterocycles. The van der Waals surface area contributed by atoms with Crippen LogP contribution in [0.3, 0.4) is 0 Å². The molecule has 0 bridgehead atoms. The summed E-state index contributed by atoms with van der Waals surface area (Å²) in [7, 11) is 1.43. The number of fused-ring (bicyclic) bond motifs is 4. The molecule has 0 saturated heterocycles. The third kappa shape index (κ3) is 3.34. The number of benzene rings is 3. The SMILES string of the molecule is COc1ccc(-c2cc(=O)c3c(O)cc4c(c3o2)[C@@H](c2ccnc3ccccc23)CC(=O)O4)cc1O. The van der Waals surface area contributed by atoms with Crippen LogP contribution in [0.25, 0.3) is 33.2 Å². The zero-order valence-corrected chi connectivity index (χ0v) is 19.0. The van der Waals surface area contributed by atoms with Gasteiger partial charge in [0.1, 0.15) is 28.2 Å². The molecule has 8 heteroatoms. The summed E-state index contributed by atoms with van der Waals surface area (Å²) in [4.78, 5) is 30.2. The number of hydrogen-bond donors (Lipinski definition) is 2. The van der Waals surface area contributed by atoms with E-state index in [1.165, 1.54) is 25.3 Å². The Labute approximate surface area is 204 Å². The van der Waals surface area contributed by atoms with Crippen molar-refractivity contribution in [1.29, 1.82) is 0 Å². The van der Waals surface area contributed by atoms with Crippen LogP contribution in [-0.4, -0.2) is 28.3 Å². The summed E-state index contributed by atoms with van der Waals surface area (Å²) in [5, 5.41) is 21.8. The van der Waals surface area contributed by atoms with Gasteiger partial charge in [-0.2, -0.15) is 0 Å². The number of aromatic hydroxyl groups is 2. The van der Waals surface area contributed by atoms with Crippen LogP contribution in [0.2, 0.25) is 0 Å². The minimum Gasteiger partial charge on any atom is -0.507 e. The van der Waals surface area contributed by atoms with Crippen molar-refractivity contribution in [2.75, 3.05) is 7.11 Å². The van der Waals surface area contributed by atoms with E-state index in [-0.39, 0.29) is 46.1 Å². The van der Waals surface area contributed by atoms with Gasteiger partial charge in [0.25, 0.3) is 0 Å². The molecule has 0 aliphatic carbocycles. The lowest BCUT2D eigenvalue weighted by atomic mass is 9.83. The Morgan fingerprint density at radius 3 is 2.64 bits per heavy atom. The lowest BCUT2D eigenvalue weighted by Gasteiger charge is -2.26. The summed E-state index contributed by atoms with van der Waals surface area (Å²) < 4.78 is 16.8. The van der Waals surface area contributed by atoms with Crippen LogP contribution >= 0.6 is 0 Å². The van der Waals surface area contributed by atoms with E-state index in [0.29, 0.717) is 11.1 Å². The minimum atomic E-state index is -0.514. The van der Waals surface area contributed by atoms with E-state index in [4.69, 9.17) is 13.9 Å². The van der Waals surface area contributed by atoms with Gasteiger partial charge in [0.15, 0.2) is 16.9 Å². The molecular weight excluding hydrogens is 462 g/mol. The lowest BCUT2D eigenvalue weighted by Crippen LogP contribution is -2.22. The maximum atomic E-state index is 13.2. The van der Waals surface area contributed by atoms with Gasteiger partial charge in [0.05, 0.1) is 19.0 Å². The van der Waals surface area contributed by atoms with Crippen molar-refractivity contribution < 1.29 is 28.9 Å². The number of carbonyl (C=O) groups is 1. The predicted molar refractivity (Wildman–Crippen MR) is 132 cm³/mol. The highest BCUT2D eigenvalue weighted by atomic mass is 16.5. The van der Waals surface area contributed by atoms with Gasteiger partial charge in [-0.25, -0.2) is 0 Å². The highest BCUT2D eigenvalue weighted by molar-refractivity contribution is 5.94. The van der Waals surface area contributed by atoms with Crippen LogP contribution in [0.4, 0.5) is 0 Å². The number of aromatic nitrogens is 1. The Bertz CT molecular complexity index is 1750. The van der Waals surface area contributed by atoms with E-state index in [9.17, 15) is 19.8 Å². The molecule has 0 unspecified atom stereocenters. The van der Waals surface area contributed by atoms with Crippen LogP contribution in [0.1, 0.15) is 23.5 Å². The summed E-state index contributed by atoms with van der Waals surface area (Å²) in [5.74, 6) is -0.881. The number of para-hydroxylation sites is 1. The topological polar surface area (TPSA) is 119 Å². The molecule has 0 amide bonds. The standard InChI is InChI=1S/C28H19NO7/c1-34-22-7-6-14(10-19(22)30)23-12-20(31)27-21(32)13-24-26(28(27)36-23)17(11-25(33)35-24)15-8-9-29-18-5-3-2-4-16(15)18/h2-10,12-13,17,30,32H,11H2,1H3/t17-/m1/s1. The van der Waals surface area contributed by atoms with E-state index in [2.05, 4.69) is 4.98 Å². The fraction of sp³-hybridized carbons (Fsp3) is 0.107. The molecule has 5 aromatic rings. The van der Waals surface area contributed by atoms with E-state index in [1.807, 2.05) is 30.3 Å². The largest absolute Gasteiger partial charge is 0.507 e. The van der Waals surface area contributed by atoms with Gasteiger partial charge in [0, 0.05) is 40.8 Å². The zero-order valence-electron chi connectivity index (χ0n) is 19.0. The number of phenolic OH excluding ortho intramolecular Hbond substituents is 2. The molecule has 2 N–H and O–H groups in total. The second-order valence-electron chi connectivity index (χ2n) is 8.52. The molecule has 0 saturated carbocycles. The molecule has 178 valence electrons. The second-order valence-corrected chi connectivity index (χ2v) is 8.52. The number of pyridine rings is 1. The number of ether oxygens (including phenoxy) is 2. The molecule has 3 heterocycles. The smallest absolute Gasteiger partial charge is 0.312 e. The highest BCUT2D eigenvalue weighted by Gasteiger charge is 2.34. The first kappa shape index (κ1) is 21.7. The molecule has 0 radical (unpaired) electrons. The van der Waals surface area contributed by atoms with Crippen molar-refractivity contribution in [2.45, 2.75) is 12.3 Å². The van der Waals surface area contributed by atoms with Gasteiger partial charge >= 0.3 is 5.97 Å². The van der Waals surface area contributed by atoms with Gasteiger partial charge < -0.3 is 24.1 Å². The monoisotopic (exact) mass is 481 g/mol. The van der Waals surface area contributed by atoms with E-state index in [0.717, 1.165) is 16.5 Å². The third-order valence-electron chi connectivity index (χ3n) is 6.45. The summed E-state index contributed by atoms with van der Waals surface area (Å²) in [5.41, 5.74) is 2.13. The summed E-state index contributed by atoms with van der Waals surface area (Å²) >= 11 is 0. The number of rotatable bonds is 3. The normalized spacial score (nSPS) is 15.0. The Kier molecular flexibility index (Phi) is 4.89. The third-order valence-corrected chi connectivity index (χ3v) is 6.45. The molecule has 36 heavy (non-hydrogen) atoms.